The zero-order valence-corrected chi connectivity index (χ0v) is 10.6. The van der Waals surface area contributed by atoms with E-state index in [1.165, 1.54) is 22.2 Å². The van der Waals surface area contributed by atoms with E-state index in [4.69, 9.17) is 0 Å². The highest BCUT2D eigenvalue weighted by Crippen LogP contribution is 2.41. The summed E-state index contributed by atoms with van der Waals surface area (Å²) in [7, 11) is 2.14. The second kappa shape index (κ2) is 3.59. The van der Waals surface area contributed by atoms with Crippen molar-refractivity contribution in [3.8, 4) is 0 Å². The third-order valence-corrected chi connectivity index (χ3v) is 4.68. The van der Waals surface area contributed by atoms with E-state index in [0.717, 1.165) is 19.4 Å². The van der Waals surface area contributed by atoms with Gasteiger partial charge in [0.05, 0.1) is 6.10 Å². The summed E-state index contributed by atoms with van der Waals surface area (Å²) in [6, 6.07) is 9.13. The molecular formula is C15H18N2O. The van der Waals surface area contributed by atoms with Crippen molar-refractivity contribution >= 4 is 10.9 Å². The fourth-order valence-corrected chi connectivity index (χ4v) is 3.85. The van der Waals surface area contributed by atoms with Crippen molar-refractivity contribution in [2.75, 3.05) is 6.54 Å². The Labute approximate surface area is 106 Å². The van der Waals surface area contributed by atoms with E-state index >= 15 is 0 Å². The maximum atomic E-state index is 10.2. The number of aliphatic hydroxyl groups is 1. The molecule has 18 heavy (non-hydrogen) atoms. The van der Waals surface area contributed by atoms with E-state index < -0.39 is 0 Å². The van der Waals surface area contributed by atoms with Crippen LogP contribution in [0.2, 0.25) is 0 Å². The minimum Gasteiger partial charge on any atom is -0.391 e. The second-order valence-corrected chi connectivity index (χ2v) is 5.66. The summed E-state index contributed by atoms with van der Waals surface area (Å²) in [6.07, 6.45) is 1.92. The second-order valence-electron chi connectivity index (χ2n) is 5.66. The van der Waals surface area contributed by atoms with Crippen molar-refractivity contribution in [1.82, 2.24) is 9.88 Å². The first kappa shape index (κ1) is 10.6. The average molecular weight is 242 g/mol. The molecule has 1 saturated heterocycles. The number of β-amino-alcohol motifs (C(OH)–C–C–N with tert-alkyl or cyclic N) is 1. The van der Waals surface area contributed by atoms with Crippen LogP contribution in [-0.2, 0) is 13.5 Å². The van der Waals surface area contributed by atoms with Gasteiger partial charge in [-0.25, -0.2) is 0 Å². The fourth-order valence-electron chi connectivity index (χ4n) is 3.85. The lowest BCUT2D eigenvalue weighted by atomic mass is 9.78. The Balaban J connectivity index is 2.02. The minimum absolute atomic E-state index is 0.247. The van der Waals surface area contributed by atoms with Gasteiger partial charge in [-0.05, 0) is 24.5 Å². The summed E-state index contributed by atoms with van der Waals surface area (Å²) >= 11 is 0. The fraction of sp³-hybridized carbons (Fsp3) is 0.467. The Bertz CT molecular complexity index is 616. The third kappa shape index (κ3) is 1.26. The molecule has 0 amide bonds. The Hall–Kier alpha value is -1.32. The zero-order chi connectivity index (χ0) is 12.3. The Morgan fingerprint density at radius 3 is 3.06 bits per heavy atom. The predicted octanol–water partition coefficient (Wildman–Crippen LogP) is 1.54. The standard InChI is InChI=1S/C15H18N2O/c1-17-13-5-3-2-4-10(13)11-6-9-7-12(15(11)17)14(18)8-16-9/h2-5,9,12,14,16,18H,6-8H2,1H3/t9-,12+,14+/m1/s1. The van der Waals surface area contributed by atoms with Crippen LogP contribution in [0.15, 0.2) is 24.3 Å². The van der Waals surface area contributed by atoms with Crippen molar-refractivity contribution < 1.29 is 5.11 Å². The molecular weight excluding hydrogens is 224 g/mol. The predicted molar refractivity (Wildman–Crippen MR) is 71.8 cm³/mol. The van der Waals surface area contributed by atoms with Gasteiger partial charge in [0.1, 0.15) is 0 Å². The number of nitrogens with one attached hydrogen (secondary N) is 1. The van der Waals surface area contributed by atoms with Crippen molar-refractivity contribution in [3.05, 3.63) is 35.5 Å². The molecule has 3 nitrogen and oxygen atoms in total. The molecule has 2 bridgehead atoms. The molecule has 1 aromatic heterocycles. The number of aromatic nitrogens is 1. The zero-order valence-electron chi connectivity index (χ0n) is 10.6. The van der Waals surface area contributed by atoms with Gasteiger partial charge in [0.15, 0.2) is 0 Å². The SMILES string of the molecule is Cn1c2c(c3ccccc31)C[C@@H]1C[C@H]2[C@@H](O)CN1. The number of aliphatic hydroxyl groups excluding tert-OH is 1. The van der Waals surface area contributed by atoms with E-state index in [1.807, 2.05) is 0 Å². The number of fused-ring (bicyclic) bond motifs is 6. The summed E-state index contributed by atoms with van der Waals surface area (Å²) in [5.41, 5.74) is 4.10. The molecule has 0 radical (unpaired) electrons. The Morgan fingerprint density at radius 1 is 1.33 bits per heavy atom. The number of benzene rings is 1. The van der Waals surface area contributed by atoms with Gasteiger partial charge >= 0.3 is 0 Å². The van der Waals surface area contributed by atoms with Crippen LogP contribution < -0.4 is 5.32 Å². The van der Waals surface area contributed by atoms with Gasteiger partial charge in [0, 0.05) is 42.1 Å². The lowest BCUT2D eigenvalue weighted by Gasteiger charge is -2.39. The Kier molecular flexibility index (Phi) is 2.11. The van der Waals surface area contributed by atoms with Gasteiger partial charge in [-0.15, -0.1) is 0 Å². The van der Waals surface area contributed by atoms with Crippen molar-refractivity contribution in [2.24, 2.45) is 7.05 Å². The van der Waals surface area contributed by atoms with Crippen LogP contribution >= 0.6 is 0 Å². The molecule has 2 aromatic rings. The molecule has 3 atom stereocenters. The molecule has 4 rings (SSSR count). The Morgan fingerprint density at radius 2 is 2.17 bits per heavy atom. The molecule has 2 aliphatic rings. The highest BCUT2D eigenvalue weighted by molar-refractivity contribution is 5.86. The molecule has 2 N–H and O–H groups in total. The van der Waals surface area contributed by atoms with Gasteiger partial charge in [-0.1, -0.05) is 18.2 Å². The number of piperidine rings is 1. The summed E-state index contributed by atoms with van der Waals surface area (Å²) in [6.45, 7) is 0.732. The van der Waals surface area contributed by atoms with Crippen molar-refractivity contribution in [3.63, 3.8) is 0 Å². The summed E-state index contributed by atoms with van der Waals surface area (Å²) in [4.78, 5) is 0. The highest BCUT2D eigenvalue weighted by atomic mass is 16.3. The molecule has 0 unspecified atom stereocenters. The third-order valence-electron chi connectivity index (χ3n) is 4.68. The number of hydrogen-bond donors (Lipinski definition) is 2. The summed E-state index contributed by atoms with van der Waals surface area (Å²) < 4.78 is 2.29. The maximum absolute atomic E-state index is 10.2. The summed E-state index contributed by atoms with van der Waals surface area (Å²) in [5, 5.41) is 15.1. The number of nitrogens with zero attached hydrogens (tertiary/aromatic N) is 1. The topological polar surface area (TPSA) is 37.2 Å². The van der Waals surface area contributed by atoms with Gasteiger partial charge in [0.25, 0.3) is 0 Å². The highest BCUT2D eigenvalue weighted by Gasteiger charge is 2.38. The molecule has 1 fully saturated rings. The number of aryl methyl sites for hydroxylation is 1. The lowest BCUT2D eigenvalue weighted by molar-refractivity contribution is 0.0927. The molecule has 1 aromatic carbocycles. The maximum Gasteiger partial charge on any atom is 0.0748 e. The number of hydrogen-bond acceptors (Lipinski definition) is 2. The number of para-hydroxylation sites is 1. The number of rotatable bonds is 0. The first-order valence-electron chi connectivity index (χ1n) is 6.73. The van der Waals surface area contributed by atoms with E-state index in [-0.39, 0.29) is 6.10 Å². The molecule has 94 valence electrons. The molecule has 2 heterocycles. The van der Waals surface area contributed by atoms with Crippen molar-refractivity contribution in [1.29, 1.82) is 0 Å². The normalized spacial score (nSPS) is 30.4. The molecule has 3 heteroatoms. The lowest BCUT2D eigenvalue weighted by Crippen LogP contribution is -2.49. The molecule has 1 aliphatic carbocycles. The summed E-state index contributed by atoms with van der Waals surface area (Å²) in [5.74, 6) is 0.303. The van der Waals surface area contributed by atoms with E-state index in [0.29, 0.717) is 12.0 Å². The van der Waals surface area contributed by atoms with Crippen molar-refractivity contribution in [2.45, 2.75) is 30.9 Å². The first-order valence-corrected chi connectivity index (χ1v) is 6.73. The smallest absolute Gasteiger partial charge is 0.0748 e. The van der Waals surface area contributed by atoms with Crippen LogP contribution in [0, 0.1) is 0 Å². The molecule has 0 saturated carbocycles. The average Bonchev–Trinajstić information content (AvgIpc) is 2.69. The molecule has 0 spiro atoms. The minimum atomic E-state index is -0.247. The van der Waals surface area contributed by atoms with E-state index in [1.54, 1.807) is 0 Å². The van der Waals surface area contributed by atoms with Crippen LogP contribution in [0.5, 0.6) is 0 Å². The van der Waals surface area contributed by atoms with Crippen LogP contribution in [-0.4, -0.2) is 28.4 Å². The van der Waals surface area contributed by atoms with Gasteiger partial charge in [-0.3, -0.25) is 0 Å². The quantitative estimate of drug-likeness (QED) is 0.735. The van der Waals surface area contributed by atoms with Gasteiger partial charge in [-0.2, -0.15) is 0 Å². The van der Waals surface area contributed by atoms with E-state index in [2.05, 4.69) is 41.2 Å². The molecule has 1 aliphatic heterocycles. The largest absolute Gasteiger partial charge is 0.391 e. The van der Waals surface area contributed by atoms with Gasteiger partial charge in [0.2, 0.25) is 0 Å². The van der Waals surface area contributed by atoms with Crippen LogP contribution in [0.4, 0.5) is 0 Å². The van der Waals surface area contributed by atoms with Crippen LogP contribution in [0.25, 0.3) is 10.9 Å². The first-order chi connectivity index (χ1) is 8.75. The van der Waals surface area contributed by atoms with E-state index in [9.17, 15) is 5.11 Å². The van der Waals surface area contributed by atoms with Crippen LogP contribution in [0.3, 0.4) is 0 Å². The van der Waals surface area contributed by atoms with Gasteiger partial charge < -0.3 is 15.0 Å². The monoisotopic (exact) mass is 242 g/mol. The van der Waals surface area contributed by atoms with Crippen LogP contribution in [0.1, 0.15) is 23.6 Å².